The zero-order chi connectivity index (χ0) is 22.7. The summed E-state index contributed by atoms with van der Waals surface area (Å²) in [5, 5.41) is 82.5. The van der Waals surface area contributed by atoms with Gasteiger partial charge in [0.2, 0.25) is 11.6 Å². The molecule has 4 rings (SSSR count). The fourth-order valence-corrected chi connectivity index (χ4v) is 4.48. The van der Waals surface area contributed by atoms with Gasteiger partial charge in [-0.25, -0.2) is 0 Å². The van der Waals surface area contributed by atoms with Crippen molar-refractivity contribution in [2.24, 2.45) is 0 Å². The standard InChI is InChI=1S/C21H22O10/c22-6-8-4-10-15(12(25)5-8)18(27)14-9(2-1-3-11(14)24)16(10)21(30)20(29)19(28)17(26)13(7-23)31-21/h1-5,13,16-17,19-20,22-26,28-30H,6-7H2/t13-,16-,17-,19+,20-,21+/m1/s1. The van der Waals surface area contributed by atoms with Crippen LogP contribution in [0.2, 0.25) is 0 Å². The van der Waals surface area contributed by atoms with Crippen LogP contribution >= 0.6 is 0 Å². The predicted molar refractivity (Wildman–Crippen MR) is 102 cm³/mol. The number of rotatable bonds is 3. The number of ketones is 1. The second kappa shape index (κ2) is 7.53. The Morgan fingerprint density at radius 1 is 0.935 bits per heavy atom. The van der Waals surface area contributed by atoms with Gasteiger partial charge in [-0.2, -0.15) is 0 Å². The number of carbonyl (C=O) groups excluding carboxylic acids is 1. The largest absolute Gasteiger partial charge is 0.507 e. The monoisotopic (exact) mass is 434 g/mol. The number of hydrogen-bond donors (Lipinski definition) is 8. The van der Waals surface area contributed by atoms with Crippen molar-refractivity contribution in [2.75, 3.05) is 6.61 Å². The van der Waals surface area contributed by atoms with Crippen LogP contribution in [0.15, 0.2) is 30.3 Å². The van der Waals surface area contributed by atoms with Crippen molar-refractivity contribution in [1.29, 1.82) is 0 Å². The highest BCUT2D eigenvalue weighted by Gasteiger charge is 2.59. The molecule has 2 aromatic rings. The van der Waals surface area contributed by atoms with E-state index >= 15 is 0 Å². The van der Waals surface area contributed by atoms with E-state index in [-0.39, 0.29) is 27.8 Å². The van der Waals surface area contributed by atoms with Crippen LogP contribution in [-0.2, 0) is 11.3 Å². The molecule has 0 amide bonds. The van der Waals surface area contributed by atoms with Crippen molar-refractivity contribution in [3.63, 3.8) is 0 Å². The molecule has 2 aromatic carbocycles. The average Bonchev–Trinajstić information content (AvgIpc) is 2.74. The highest BCUT2D eigenvalue weighted by Crippen LogP contribution is 2.51. The molecular weight excluding hydrogens is 412 g/mol. The number of phenols is 2. The van der Waals surface area contributed by atoms with Gasteiger partial charge < -0.3 is 45.6 Å². The van der Waals surface area contributed by atoms with E-state index in [2.05, 4.69) is 0 Å². The molecule has 6 atom stereocenters. The predicted octanol–water partition coefficient (Wildman–Crippen LogP) is -1.57. The molecule has 2 aliphatic rings. The van der Waals surface area contributed by atoms with Crippen molar-refractivity contribution in [3.05, 3.63) is 58.1 Å². The molecule has 0 saturated carbocycles. The van der Waals surface area contributed by atoms with Crippen LogP contribution in [-0.4, -0.2) is 83.4 Å². The third-order valence-electron chi connectivity index (χ3n) is 5.95. The van der Waals surface area contributed by atoms with Crippen LogP contribution < -0.4 is 0 Å². The first-order valence-electron chi connectivity index (χ1n) is 9.54. The van der Waals surface area contributed by atoms with E-state index in [9.17, 15) is 45.6 Å². The fraction of sp³-hybridized carbons (Fsp3) is 0.381. The third kappa shape index (κ3) is 3.04. The number of aliphatic hydroxyl groups excluding tert-OH is 5. The topological polar surface area (TPSA) is 188 Å². The second-order valence-corrected chi connectivity index (χ2v) is 7.76. The maximum absolute atomic E-state index is 13.1. The van der Waals surface area contributed by atoms with E-state index < -0.39 is 66.6 Å². The molecule has 0 bridgehead atoms. The number of hydrogen-bond acceptors (Lipinski definition) is 10. The normalized spacial score (nSPS) is 32.5. The lowest BCUT2D eigenvalue weighted by molar-refractivity contribution is -0.354. The zero-order valence-corrected chi connectivity index (χ0v) is 16.1. The van der Waals surface area contributed by atoms with Crippen LogP contribution in [0.4, 0.5) is 0 Å². The molecule has 31 heavy (non-hydrogen) atoms. The summed E-state index contributed by atoms with van der Waals surface area (Å²) in [4.78, 5) is 13.1. The van der Waals surface area contributed by atoms with Crippen LogP contribution in [0, 0.1) is 0 Å². The first-order chi connectivity index (χ1) is 14.7. The third-order valence-corrected chi connectivity index (χ3v) is 5.95. The molecule has 1 aliphatic carbocycles. The summed E-state index contributed by atoms with van der Waals surface area (Å²) in [6, 6.07) is 6.49. The van der Waals surface area contributed by atoms with E-state index in [0.717, 1.165) is 6.07 Å². The van der Waals surface area contributed by atoms with Gasteiger partial charge in [-0.1, -0.05) is 18.2 Å². The molecule has 0 aromatic heterocycles. The van der Waals surface area contributed by atoms with E-state index in [1.807, 2.05) is 0 Å². The Morgan fingerprint density at radius 3 is 2.26 bits per heavy atom. The Hall–Kier alpha value is -2.57. The van der Waals surface area contributed by atoms with Gasteiger partial charge in [-0.15, -0.1) is 0 Å². The molecule has 10 heteroatoms. The van der Waals surface area contributed by atoms with Gasteiger partial charge in [0.05, 0.1) is 30.3 Å². The maximum Gasteiger partial charge on any atom is 0.206 e. The van der Waals surface area contributed by atoms with Crippen molar-refractivity contribution in [1.82, 2.24) is 0 Å². The van der Waals surface area contributed by atoms with E-state index in [4.69, 9.17) is 4.74 Å². The molecule has 0 unspecified atom stereocenters. The number of fused-ring (bicyclic) bond motifs is 2. The Morgan fingerprint density at radius 2 is 1.61 bits per heavy atom. The molecule has 1 saturated heterocycles. The average molecular weight is 434 g/mol. The summed E-state index contributed by atoms with van der Waals surface area (Å²) in [5.41, 5.74) is -0.368. The second-order valence-electron chi connectivity index (χ2n) is 7.76. The molecule has 0 spiro atoms. The minimum atomic E-state index is -2.69. The summed E-state index contributed by atoms with van der Waals surface area (Å²) in [6.45, 7) is -1.32. The van der Waals surface area contributed by atoms with Crippen molar-refractivity contribution >= 4 is 5.78 Å². The smallest absolute Gasteiger partial charge is 0.206 e. The number of aromatic hydroxyl groups is 2. The quantitative estimate of drug-likeness (QED) is 0.280. The Balaban J connectivity index is 2.02. The first-order valence-corrected chi connectivity index (χ1v) is 9.54. The lowest BCUT2D eigenvalue weighted by Gasteiger charge is -2.50. The molecular formula is C21H22O10. The Labute approximate surface area is 175 Å². The minimum Gasteiger partial charge on any atom is -0.507 e. The van der Waals surface area contributed by atoms with Gasteiger partial charge >= 0.3 is 0 Å². The van der Waals surface area contributed by atoms with Crippen LogP contribution in [0.5, 0.6) is 11.5 Å². The Kier molecular flexibility index (Phi) is 5.26. The van der Waals surface area contributed by atoms with Gasteiger partial charge in [0.15, 0.2) is 0 Å². The Bertz CT molecular complexity index is 1040. The lowest BCUT2D eigenvalue weighted by atomic mass is 9.69. The fourth-order valence-electron chi connectivity index (χ4n) is 4.48. The van der Waals surface area contributed by atoms with Crippen molar-refractivity contribution in [2.45, 2.75) is 42.7 Å². The summed E-state index contributed by atoms with van der Waals surface area (Å²) >= 11 is 0. The van der Waals surface area contributed by atoms with E-state index in [1.165, 1.54) is 24.3 Å². The number of carbonyl (C=O) groups is 1. The summed E-state index contributed by atoms with van der Waals surface area (Å²) in [6.07, 6.45) is -7.23. The number of aliphatic hydroxyl groups is 6. The number of ether oxygens (including phenoxy) is 1. The van der Waals surface area contributed by atoms with Crippen molar-refractivity contribution in [3.8, 4) is 11.5 Å². The molecule has 0 radical (unpaired) electrons. The molecule has 1 fully saturated rings. The van der Waals surface area contributed by atoms with Gasteiger partial charge in [-0.3, -0.25) is 4.79 Å². The highest BCUT2D eigenvalue weighted by atomic mass is 16.7. The number of phenolic OH excluding ortho intramolecular Hbond substituents is 2. The summed E-state index contributed by atoms with van der Waals surface area (Å²) in [7, 11) is 0. The van der Waals surface area contributed by atoms with E-state index in [1.54, 1.807) is 0 Å². The summed E-state index contributed by atoms with van der Waals surface area (Å²) in [5.74, 6) is -5.87. The molecule has 1 aliphatic heterocycles. The molecule has 1 heterocycles. The van der Waals surface area contributed by atoms with Gasteiger partial charge in [-0.05, 0) is 28.8 Å². The minimum absolute atomic E-state index is 0.0221. The van der Waals surface area contributed by atoms with Crippen LogP contribution in [0.25, 0.3) is 0 Å². The molecule has 166 valence electrons. The van der Waals surface area contributed by atoms with Crippen LogP contribution in [0.3, 0.4) is 0 Å². The van der Waals surface area contributed by atoms with Gasteiger partial charge in [0, 0.05) is 0 Å². The zero-order valence-electron chi connectivity index (χ0n) is 16.1. The molecule has 10 nitrogen and oxygen atoms in total. The van der Waals surface area contributed by atoms with Crippen LogP contribution in [0.1, 0.15) is 38.5 Å². The lowest BCUT2D eigenvalue weighted by Crippen LogP contribution is -2.67. The SMILES string of the molecule is O=C1c2c(O)cccc2[C@@H]([C@]2(O)O[C@H](CO)[C@@H](O)[C@H](O)[C@H]2O)c2cc(CO)cc(O)c21. The first kappa shape index (κ1) is 21.7. The van der Waals surface area contributed by atoms with Gasteiger partial charge in [0.25, 0.3) is 0 Å². The van der Waals surface area contributed by atoms with E-state index in [0.29, 0.717) is 0 Å². The van der Waals surface area contributed by atoms with Crippen molar-refractivity contribution < 1.29 is 50.4 Å². The number of benzene rings is 2. The molecule has 8 N–H and O–H groups in total. The van der Waals surface area contributed by atoms with Gasteiger partial charge in [0.1, 0.15) is 35.9 Å². The maximum atomic E-state index is 13.1. The summed E-state index contributed by atoms with van der Waals surface area (Å²) < 4.78 is 5.47. The highest BCUT2D eigenvalue weighted by molar-refractivity contribution is 6.16.